The van der Waals surface area contributed by atoms with Crippen LogP contribution in [-0.4, -0.2) is 0 Å². The lowest BCUT2D eigenvalue weighted by molar-refractivity contribution is -0.885. The van der Waals surface area contributed by atoms with Crippen LogP contribution in [0.4, 0.5) is 17.7 Å². The number of hydrogen-bond donors (Lipinski definition) is 0. The van der Waals surface area contributed by atoms with E-state index in [2.05, 4.69) is 0 Å². The molecule has 1 rings (SSSR count). The minimum absolute atomic E-state index is 0.239. The van der Waals surface area contributed by atoms with Crippen molar-refractivity contribution in [1.29, 1.82) is 0 Å². The molecular formula is C5H2F4N+. The van der Waals surface area contributed by atoms with Crippen molar-refractivity contribution in [2.75, 3.05) is 0 Å². The first-order chi connectivity index (χ1) is 4.61. The fourth-order valence-electron chi connectivity index (χ4n) is 0.485. The molecule has 1 nitrogen and oxygen atoms in total. The molecule has 0 spiro atoms. The molecule has 0 amide bonds. The third-order valence-corrected chi connectivity index (χ3v) is 0.889. The zero-order valence-corrected chi connectivity index (χ0v) is 4.61. The van der Waals surface area contributed by atoms with Crippen molar-refractivity contribution in [1.82, 2.24) is 0 Å². The number of pyridine rings is 1. The minimum atomic E-state index is -1.60. The topological polar surface area (TPSA) is 3.88 Å². The molecule has 0 aliphatic heterocycles. The molecule has 0 saturated heterocycles. The Hall–Kier alpha value is -1.13. The van der Waals surface area contributed by atoms with Crippen molar-refractivity contribution < 1.29 is 22.4 Å². The van der Waals surface area contributed by atoms with Crippen LogP contribution < -0.4 is 4.79 Å². The maximum absolute atomic E-state index is 11.9. The van der Waals surface area contributed by atoms with Gasteiger partial charge in [-0.3, -0.25) is 0 Å². The van der Waals surface area contributed by atoms with E-state index in [1.54, 1.807) is 0 Å². The normalized spacial score (nSPS) is 10.0. The molecule has 1 heterocycles. The molecule has 0 aromatic carbocycles. The van der Waals surface area contributed by atoms with Crippen LogP contribution in [0.15, 0.2) is 12.1 Å². The zero-order chi connectivity index (χ0) is 7.72. The van der Waals surface area contributed by atoms with Gasteiger partial charge in [-0.1, -0.05) is 0 Å². The molecule has 0 fully saturated rings. The summed E-state index contributed by atoms with van der Waals surface area (Å²) in [6.07, 6.45) is 0. The summed E-state index contributed by atoms with van der Waals surface area (Å²) < 4.78 is 47.8. The summed E-state index contributed by atoms with van der Waals surface area (Å²) in [5, 5.41) is 0. The highest BCUT2D eigenvalue weighted by Gasteiger charge is 2.19. The van der Waals surface area contributed by atoms with Crippen LogP contribution >= 0.6 is 0 Å². The van der Waals surface area contributed by atoms with E-state index in [0.717, 1.165) is 0 Å². The van der Waals surface area contributed by atoms with Crippen LogP contribution in [-0.2, 0) is 0 Å². The summed E-state index contributed by atoms with van der Waals surface area (Å²) >= 11 is 0. The first-order valence-electron chi connectivity index (χ1n) is 2.34. The molecule has 1 aromatic heterocycles. The molecule has 5 heteroatoms. The molecular weight excluding hydrogens is 150 g/mol. The van der Waals surface area contributed by atoms with Crippen LogP contribution in [0.1, 0.15) is 0 Å². The summed E-state index contributed by atoms with van der Waals surface area (Å²) in [4.78, 5) is -0.886. The number of halogens is 4. The van der Waals surface area contributed by atoms with Crippen molar-refractivity contribution in [2.45, 2.75) is 0 Å². The lowest BCUT2D eigenvalue weighted by Crippen LogP contribution is -2.32. The van der Waals surface area contributed by atoms with E-state index in [1.807, 2.05) is 0 Å². The van der Waals surface area contributed by atoms with Gasteiger partial charge in [0.15, 0.2) is 0 Å². The molecule has 1 aromatic rings. The SMILES string of the molecule is Fc1cc(F)[n+](F)c(F)c1. The fourth-order valence-corrected chi connectivity index (χ4v) is 0.485. The van der Waals surface area contributed by atoms with Gasteiger partial charge in [-0.2, -0.15) is 0 Å². The van der Waals surface area contributed by atoms with E-state index < -0.39 is 22.5 Å². The van der Waals surface area contributed by atoms with Crippen LogP contribution in [0.3, 0.4) is 0 Å². The number of rotatable bonds is 0. The Kier molecular flexibility index (Phi) is 1.57. The maximum atomic E-state index is 11.9. The Bertz CT molecular complexity index is 237. The number of hydrogen-bond acceptors (Lipinski definition) is 0. The van der Waals surface area contributed by atoms with Gasteiger partial charge in [0.25, 0.3) is 0 Å². The minimum Gasteiger partial charge on any atom is -0.206 e. The van der Waals surface area contributed by atoms with Crippen molar-refractivity contribution in [3.05, 3.63) is 29.8 Å². The Morgan fingerprint density at radius 1 is 1.00 bits per heavy atom. The summed E-state index contributed by atoms with van der Waals surface area (Å²) in [6.45, 7) is 0. The average Bonchev–Trinajstić information content (AvgIpc) is 1.82. The first-order valence-corrected chi connectivity index (χ1v) is 2.34. The van der Waals surface area contributed by atoms with Gasteiger partial charge in [0.05, 0.1) is 16.9 Å². The molecule has 0 saturated carbocycles. The second-order valence-electron chi connectivity index (χ2n) is 1.60. The summed E-state index contributed by atoms with van der Waals surface area (Å²) in [5.74, 6) is -4.35. The van der Waals surface area contributed by atoms with Crippen LogP contribution in [0, 0.1) is 17.7 Å². The Morgan fingerprint density at radius 2 is 1.40 bits per heavy atom. The Morgan fingerprint density at radius 3 is 1.80 bits per heavy atom. The van der Waals surface area contributed by atoms with Crippen molar-refractivity contribution >= 4 is 0 Å². The Balaban J connectivity index is 3.31. The highest BCUT2D eigenvalue weighted by Crippen LogP contribution is 1.99. The maximum Gasteiger partial charge on any atom is 0.411 e. The van der Waals surface area contributed by atoms with Crippen molar-refractivity contribution in [2.24, 2.45) is 0 Å². The van der Waals surface area contributed by atoms with E-state index in [4.69, 9.17) is 0 Å². The van der Waals surface area contributed by atoms with Crippen LogP contribution in [0.25, 0.3) is 0 Å². The molecule has 0 unspecified atom stereocenters. The van der Waals surface area contributed by atoms with Crippen molar-refractivity contribution in [3.8, 4) is 0 Å². The second kappa shape index (κ2) is 2.24. The Labute approximate surface area is 53.5 Å². The predicted molar refractivity (Wildman–Crippen MR) is 23.0 cm³/mol. The predicted octanol–water partition coefficient (Wildman–Crippen LogP) is 1.12. The van der Waals surface area contributed by atoms with Crippen molar-refractivity contribution in [3.63, 3.8) is 0 Å². The van der Waals surface area contributed by atoms with Gasteiger partial charge in [0, 0.05) is 0 Å². The van der Waals surface area contributed by atoms with Crippen LogP contribution in [0.5, 0.6) is 0 Å². The van der Waals surface area contributed by atoms with Gasteiger partial charge in [-0.25, -0.2) is 4.39 Å². The van der Waals surface area contributed by atoms with Gasteiger partial charge in [0.1, 0.15) is 10.3 Å². The first kappa shape index (κ1) is 6.98. The lowest BCUT2D eigenvalue weighted by Gasteiger charge is -1.83. The van der Waals surface area contributed by atoms with Gasteiger partial charge >= 0.3 is 11.9 Å². The fraction of sp³-hybridized carbons (Fsp3) is 0. The third kappa shape index (κ3) is 1.07. The van der Waals surface area contributed by atoms with E-state index in [0.29, 0.717) is 0 Å². The smallest absolute Gasteiger partial charge is 0.206 e. The van der Waals surface area contributed by atoms with E-state index in [-0.39, 0.29) is 12.1 Å². The molecule has 0 bridgehead atoms. The monoisotopic (exact) mass is 152 g/mol. The lowest BCUT2D eigenvalue weighted by atomic mass is 10.5. The summed E-state index contributed by atoms with van der Waals surface area (Å²) in [6, 6.07) is 0.478. The molecule has 0 aliphatic rings. The van der Waals surface area contributed by atoms with Gasteiger partial charge in [-0.05, 0) is 0 Å². The van der Waals surface area contributed by atoms with Gasteiger partial charge in [-0.15, -0.1) is 8.78 Å². The number of nitrogens with zero attached hydrogens (tertiary/aromatic N) is 1. The highest BCUT2D eigenvalue weighted by atomic mass is 19.2. The zero-order valence-electron chi connectivity index (χ0n) is 4.61. The van der Waals surface area contributed by atoms with E-state index in [9.17, 15) is 17.7 Å². The van der Waals surface area contributed by atoms with E-state index >= 15 is 0 Å². The molecule has 54 valence electrons. The second-order valence-corrected chi connectivity index (χ2v) is 1.60. The molecule has 0 radical (unpaired) electrons. The molecule has 0 atom stereocenters. The standard InChI is InChI=1S/C5H2F4N/c6-3-1-4(7)10(9)5(8)2-3/h1-2H/q+1. The van der Waals surface area contributed by atoms with Gasteiger partial charge in [0.2, 0.25) is 0 Å². The number of aromatic nitrogens is 1. The summed E-state index contributed by atoms with van der Waals surface area (Å²) in [5.41, 5.74) is 0. The summed E-state index contributed by atoms with van der Waals surface area (Å²) in [7, 11) is 0. The highest BCUT2D eigenvalue weighted by molar-refractivity contribution is 4.92. The van der Waals surface area contributed by atoms with Gasteiger partial charge < -0.3 is 0 Å². The third-order valence-electron chi connectivity index (χ3n) is 0.889. The van der Waals surface area contributed by atoms with E-state index in [1.165, 1.54) is 0 Å². The molecule has 0 N–H and O–H groups in total. The molecule has 0 aliphatic carbocycles. The average molecular weight is 152 g/mol. The van der Waals surface area contributed by atoms with Crippen LogP contribution in [0.2, 0.25) is 0 Å². The largest absolute Gasteiger partial charge is 0.411 e. The molecule has 10 heavy (non-hydrogen) atoms. The quantitative estimate of drug-likeness (QED) is 0.387.